The summed E-state index contributed by atoms with van der Waals surface area (Å²) < 4.78 is 7.06. The Morgan fingerprint density at radius 1 is 1.35 bits per heavy atom. The zero-order valence-corrected chi connectivity index (χ0v) is 9.52. The summed E-state index contributed by atoms with van der Waals surface area (Å²) in [5, 5.41) is 8.10. The Labute approximate surface area is 96.6 Å². The van der Waals surface area contributed by atoms with Crippen molar-refractivity contribution >= 4 is 21.8 Å². The number of aryl methyl sites for hydroxylation is 1. The van der Waals surface area contributed by atoms with E-state index in [1.165, 1.54) is 0 Å². The third kappa shape index (κ3) is 1.25. The minimum atomic E-state index is -0.180. The van der Waals surface area contributed by atoms with Gasteiger partial charge in [0, 0.05) is 23.3 Å². The van der Waals surface area contributed by atoms with Crippen LogP contribution in [0, 0.1) is 0 Å². The monoisotopic (exact) mass is 229 g/mol. The number of H-pyrrole nitrogens is 1. The molecule has 5 heteroatoms. The fraction of sp³-hybridized carbons (Fsp3) is 0.167. The lowest BCUT2D eigenvalue weighted by atomic mass is 10.2. The number of aromatic amines is 1. The zero-order valence-electron chi connectivity index (χ0n) is 9.52. The van der Waals surface area contributed by atoms with E-state index in [9.17, 15) is 4.79 Å². The highest BCUT2D eigenvalue weighted by molar-refractivity contribution is 6.07. The summed E-state index contributed by atoms with van der Waals surface area (Å²) in [6.07, 6.45) is 1.67. The molecular formula is C12H11N3O2. The molecule has 0 atom stereocenters. The number of nitrogens with one attached hydrogen (secondary N) is 1. The van der Waals surface area contributed by atoms with Crippen LogP contribution < -0.4 is 10.3 Å². The molecule has 3 aromatic rings. The molecule has 0 radical (unpaired) electrons. The summed E-state index contributed by atoms with van der Waals surface area (Å²) in [5.41, 5.74) is 1.43. The maximum absolute atomic E-state index is 11.8. The number of hydrogen-bond donors (Lipinski definition) is 1. The van der Waals surface area contributed by atoms with Crippen LogP contribution in [0.4, 0.5) is 0 Å². The lowest BCUT2D eigenvalue weighted by Crippen LogP contribution is -2.10. The van der Waals surface area contributed by atoms with Crippen LogP contribution in [0.25, 0.3) is 21.8 Å². The lowest BCUT2D eigenvalue weighted by Gasteiger charge is -2.00. The van der Waals surface area contributed by atoms with Crippen LogP contribution >= 0.6 is 0 Å². The molecule has 0 saturated heterocycles. The molecule has 0 fully saturated rings. The van der Waals surface area contributed by atoms with E-state index in [4.69, 9.17) is 4.74 Å². The Balaban J connectivity index is 2.59. The maximum Gasteiger partial charge on any atom is 0.288 e. The molecule has 0 aliphatic carbocycles. The Morgan fingerprint density at radius 2 is 2.18 bits per heavy atom. The molecule has 17 heavy (non-hydrogen) atoms. The van der Waals surface area contributed by atoms with Crippen molar-refractivity contribution in [1.82, 2.24) is 14.8 Å². The summed E-state index contributed by atoms with van der Waals surface area (Å²) in [6.45, 7) is 0. The van der Waals surface area contributed by atoms with Gasteiger partial charge in [0.05, 0.1) is 13.3 Å². The largest absolute Gasteiger partial charge is 0.497 e. The van der Waals surface area contributed by atoms with Crippen LogP contribution in [0.2, 0.25) is 0 Å². The first-order chi connectivity index (χ1) is 8.22. The number of benzene rings is 1. The van der Waals surface area contributed by atoms with Crippen molar-refractivity contribution in [2.45, 2.75) is 0 Å². The second-order valence-corrected chi connectivity index (χ2v) is 3.90. The SMILES string of the molecule is COc1ccc2c(c1)c1cn[nH]c(=O)c1n2C. The van der Waals surface area contributed by atoms with Crippen molar-refractivity contribution in [3.05, 3.63) is 34.7 Å². The third-order valence-electron chi connectivity index (χ3n) is 3.02. The van der Waals surface area contributed by atoms with Gasteiger partial charge in [0.1, 0.15) is 11.3 Å². The Hall–Kier alpha value is -2.30. The minimum Gasteiger partial charge on any atom is -0.497 e. The molecule has 5 nitrogen and oxygen atoms in total. The van der Waals surface area contributed by atoms with Gasteiger partial charge in [0.2, 0.25) is 0 Å². The van der Waals surface area contributed by atoms with Crippen LogP contribution in [-0.2, 0) is 7.05 Å². The molecule has 2 aromatic heterocycles. The highest BCUT2D eigenvalue weighted by Gasteiger charge is 2.11. The van der Waals surface area contributed by atoms with Gasteiger partial charge in [-0.1, -0.05) is 0 Å². The van der Waals surface area contributed by atoms with E-state index in [1.54, 1.807) is 13.3 Å². The average Bonchev–Trinajstić information content (AvgIpc) is 2.64. The standard InChI is InChI=1S/C12H11N3O2/c1-15-10-4-3-7(17-2)5-8(10)9-6-13-14-12(16)11(9)15/h3-6H,1-2H3,(H,14,16). The molecule has 0 unspecified atom stereocenters. The molecule has 1 N–H and O–H groups in total. The summed E-state index contributed by atoms with van der Waals surface area (Å²) in [6, 6.07) is 5.73. The third-order valence-corrected chi connectivity index (χ3v) is 3.02. The second kappa shape index (κ2) is 3.35. The van der Waals surface area contributed by atoms with Gasteiger partial charge in [0.25, 0.3) is 5.56 Å². The van der Waals surface area contributed by atoms with E-state index in [1.807, 2.05) is 29.8 Å². The number of hydrogen-bond acceptors (Lipinski definition) is 3. The van der Waals surface area contributed by atoms with Crippen LogP contribution in [0.3, 0.4) is 0 Å². The summed E-state index contributed by atoms with van der Waals surface area (Å²) >= 11 is 0. The quantitative estimate of drug-likeness (QED) is 0.686. The van der Waals surface area contributed by atoms with Gasteiger partial charge in [-0.15, -0.1) is 0 Å². The summed E-state index contributed by atoms with van der Waals surface area (Å²) in [7, 11) is 3.49. The van der Waals surface area contributed by atoms with Crippen LogP contribution in [0.5, 0.6) is 5.75 Å². The average molecular weight is 229 g/mol. The Morgan fingerprint density at radius 3 is 2.94 bits per heavy atom. The van der Waals surface area contributed by atoms with Crippen molar-refractivity contribution < 1.29 is 4.74 Å². The predicted molar refractivity (Wildman–Crippen MR) is 65.4 cm³/mol. The lowest BCUT2D eigenvalue weighted by molar-refractivity contribution is 0.415. The molecule has 0 bridgehead atoms. The van der Waals surface area contributed by atoms with E-state index >= 15 is 0 Å². The molecule has 0 spiro atoms. The maximum atomic E-state index is 11.8. The van der Waals surface area contributed by atoms with E-state index in [0.717, 1.165) is 22.0 Å². The number of methoxy groups -OCH3 is 1. The molecule has 86 valence electrons. The molecular weight excluding hydrogens is 218 g/mol. The van der Waals surface area contributed by atoms with Gasteiger partial charge < -0.3 is 9.30 Å². The number of rotatable bonds is 1. The van der Waals surface area contributed by atoms with Crippen molar-refractivity contribution in [3.63, 3.8) is 0 Å². The predicted octanol–water partition coefficient (Wildman–Crippen LogP) is 1.42. The van der Waals surface area contributed by atoms with Crippen molar-refractivity contribution in [2.75, 3.05) is 7.11 Å². The summed E-state index contributed by atoms with van der Waals surface area (Å²) in [4.78, 5) is 11.8. The van der Waals surface area contributed by atoms with Gasteiger partial charge in [0.15, 0.2) is 0 Å². The number of nitrogens with zero attached hydrogens (tertiary/aromatic N) is 2. The van der Waals surface area contributed by atoms with Crippen molar-refractivity contribution in [2.24, 2.45) is 7.05 Å². The van der Waals surface area contributed by atoms with E-state index < -0.39 is 0 Å². The highest BCUT2D eigenvalue weighted by atomic mass is 16.5. The first kappa shape index (κ1) is 9.89. The first-order valence-corrected chi connectivity index (χ1v) is 5.22. The molecule has 1 aromatic carbocycles. The molecule has 3 rings (SSSR count). The first-order valence-electron chi connectivity index (χ1n) is 5.22. The molecule has 0 aliphatic rings. The molecule has 0 aliphatic heterocycles. The van der Waals surface area contributed by atoms with Crippen LogP contribution in [0.1, 0.15) is 0 Å². The fourth-order valence-corrected chi connectivity index (χ4v) is 2.19. The number of aromatic nitrogens is 3. The van der Waals surface area contributed by atoms with E-state index in [0.29, 0.717) is 5.52 Å². The Kier molecular flexibility index (Phi) is 1.95. The number of fused-ring (bicyclic) bond motifs is 3. The van der Waals surface area contributed by atoms with E-state index in [-0.39, 0.29) is 5.56 Å². The van der Waals surface area contributed by atoms with E-state index in [2.05, 4.69) is 10.2 Å². The number of ether oxygens (including phenoxy) is 1. The van der Waals surface area contributed by atoms with Crippen molar-refractivity contribution in [1.29, 1.82) is 0 Å². The molecule has 2 heterocycles. The van der Waals surface area contributed by atoms with Gasteiger partial charge in [-0.25, -0.2) is 5.10 Å². The smallest absolute Gasteiger partial charge is 0.288 e. The minimum absolute atomic E-state index is 0.180. The molecule has 0 saturated carbocycles. The zero-order chi connectivity index (χ0) is 12.0. The van der Waals surface area contributed by atoms with Gasteiger partial charge in [-0.3, -0.25) is 4.79 Å². The van der Waals surface area contributed by atoms with Crippen LogP contribution in [0.15, 0.2) is 29.2 Å². The topological polar surface area (TPSA) is 59.9 Å². The highest BCUT2D eigenvalue weighted by Crippen LogP contribution is 2.28. The summed E-state index contributed by atoms with van der Waals surface area (Å²) in [5.74, 6) is 0.769. The second-order valence-electron chi connectivity index (χ2n) is 3.90. The normalized spacial score (nSPS) is 11.2. The van der Waals surface area contributed by atoms with Gasteiger partial charge in [-0.2, -0.15) is 5.10 Å². The van der Waals surface area contributed by atoms with Gasteiger partial charge in [-0.05, 0) is 18.2 Å². The van der Waals surface area contributed by atoms with Gasteiger partial charge >= 0.3 is 0 Å². The van der Waals surface area contributed by atoms with Crippen molar-refractivity contribution in [3.8, 4) is 5.75 Å². The molecule has 0 amide bonds. The fourth-order valence-electron chi connectivity index (χ4n) is 2.19. The van der Waals surface area contributed by atoms with Crippen LogP contribution in [-0.4, -0.2) is 21.9 Å². The Bertz CT molecular complexity index is 770.